The molecular formula is C11H17N3O4. The maximum absolute atomic E-state index is 11.5. The summed E-state index contributed by atoms with van der Waals surface area (Å²) in [7, 11) is 0. The lowest BCUT2D eigenvalue weighted by atomic mass is 10.1. The summed E-state index contributed by atoms with van der Waals surface area (Å²) in [6.07, 6.45) is 4.68. The number of carbonyl (C=O) groups is 2. The van der Waals surface area contributed by atoms with Crippen LogP contribution in [0.4, 0.5) is 0 Å². The Bertz CT molecular complexity index is 449. The lowest BCUT2D eigenvalue weighted by Crippen LogP contribution is -2.25. The number of amides is 1. The summed E-state index contributed by atoms with van der Waals surface area (Å²) in [4.78, 5) is 37.2. The van der Waals surface area contributed by atoms with Crippen molar-refractivity contribution in [3.8, 4) is 0 Å². The molecule has 0 atom stereocenters. The van der Waals surface area contributed by atoms with Crippen molar-refractivity contribution in [2.24, 2.45) is 0 Å². The van der Waals surface area contributed by atoms with Crippen LogP contribution in [0, 0.1) is 0 Å². The van der Waals surface area contributed by atoms with Gasteiger partial charge in [-0.25, -0.2) is 4.79 Å². The van der Waals surface area contributed by atoms with E-state index in [2.05, 4.69) is 15.3 Å². The molecule has 0 aliphatic carbocycles. The Kier molecular flexibility index (Phi) is 5.69. The van der Waals surface area contributed by atoms with E-state index in [0.717, 1.165) is 19.3 Å². The molecule has 0 aliphatic rings. The van der Waals surface area contributed by atoms with Gasteiger partial charge in [0, 0.05) is 19.2 Å². The molecule has 0 saturated heterocycles. The third kappa shape index (κ3) is 5.33. The minimum Gasteiger partial charge on any atom is -0.481 e. The molecule has 100 valence electrons. The lowest BCUT2D eigenvalue weighted by Gasteiger charge is -2.03. The average Bonchev–Trinajstić information content (AvgIpc) is 2.74. The van der Waals surface area contributed by atoms with Gasteiger partial charge in [-0.3, -0.25) is 9.59 Å². The van der Waals surface area contributed by atoms with Crippen LogP contribution in [0.25, 0.3) is 0 Å². The first-order valence-corrected chi connectivity index (χ1v) is 5.87. The van der Waals surface area contributed by atoms with Crippen molar-refractivity contribution in [3.63, 3.8) is 0 Å². The van der Waals surface area contributed by atoms with Gasteiger partial charge in [0.05, 0.1) is 0 Å². The molecule has 1 heterocycles. The lowest BCUT2D eigenvalue weighted by molar-refractivity contribution is -0.137. The fourth-order valence-electron chi connectivity index (χ4n) is 1.51. The van der Waals surface area contributed by atoms with Crippen molar-refractivity contribution in [1.82, 2.24) is 15.3 Å². The average molecular weight is 255 g/mol. The third-order valence-corrected chi connectivity index (χ3v) is 2.44. The topological polar surface area (TPSA) is 115 Å². The van der Waals surface area contributed by atoms with Crippen molar-refractivity contribution in [2.45, 2.75) is 32.1 Å². The van der Waals surface area contributed by atoms with E-state index in [0.29, 0.717) is 13.0 Å². The minimum atomic E-state index is -0.778. The van der Waals surface area contributed by atoms with Gasteiger partial charge in [0.25, 0.3) is 5.91 Å². The molecule has 0 fully saturated rings. The van der Waals surface area contributed by atoms with E-state index < -0.39 is 11.7 Å². The zero-order valence-electron chi connectivity index (χ0n) is 9.99. The number of rotatable bonds is 8. The number of nitrogens with one attached hydrogen (secondary N) is 3. The van der Waals surface area contributed by atoms with Crippen LogP contribution >= 0.6 is 0 Å². The Morgan fingerprint density at radius 3 is 2.56 bits per heavy atom. The summed E-state index contributed by atoms with van der Waals surface area (Å²) >= 11 is 0. The van der Waals surface area contributed by atoms with Gasteiger partial charge in [0.15, 0.2) is 0 Å². The molecule has 1 rings (SSSR count). The van der Waals surface area contributed by atoms with Crippen molar-refractivity contribution in [3.05, 3.63) is 22.4 Å². The summed E-state index contributed by atoms with van der Waals surface area (Å²) in [5.41, 5.74) is -0.195. The Balaban J connectivity index is 2.06. The number of aromatic amines is 2. The monoisotopic (exact) mass is 255 g/mol. The second-order valence-electron chi connectivity index (χ2n) is 3.97. The van der Waals surface area contributed by atoms with Crippen molar-refractivity contribution in [1.29, 1.82) is 0 Å². The van der Waals surface area contributed by atoms with E-state index in [1.165, 1.54) is 6.20 Å². The predicted octanol–water partition coefficient (Wildman–Crippen LogP) is 0.468. The summed E-state index contributed by atoms with van der Waals surface area (Å²) < 4.78 is 0. The largest absolute Gasteiger partial charge is 0.481 e. The maximum Gasteiger partial charge on any atom is 0.323 e. The molecule has 0 aliphatic heterocycles. The number of unbranched alkanes of at least 4 members (excludes halogenated alkanes) is 3. The number of aromatic nitrogens is 2. The maximum atomic E-state index is 11.5. The summed E-state index contributed by atoms with van der Waals surface area (Å²) in [5, 5.41) is 11.1. The molecule has 0 spiro atoms. The van der Waals surface area contributed by atoms with Crippen LogP contribution in [-0.4, -0.2) is 33.5 Å². The number of imidazole rings is 1. The summed E-state index contributed by atoms with van der Waals surface area (Å²) in [5.74, 6) is -1.10. The Labute approximate surface area is 104 Å². The zero-order chi connectivity index (χ0) is 13.4. The van der Waals surface area contributed by atoms with Crippen LogP contribution in [0.15, 0.2) is 11.0 Å². The van der Waals surface area contributed by atoms with E-state index in [-0.39, 0.29) is 18.0 Å². The van der Waals surface area contributed by atoms with Crippen molar-refractivity contribution in [2.75, 3.05) is 6.54 Å². The van der Waals surface area contributed by atoms with Gasteiger partial charge in [0.1, 0.15) is 5.69 Å². The third-order valence-electron chi connectivity index (χ3n) is 2.44. The first kappa shape index (κ1) is 14.0. The molecule has 0 radical (unpaired) electrons. The second-order valence-corrected chi connectivity index (χ2v) is 3.97. The second kappa shape index (κ2) is 7.31. The standard InChI is InChI=1S/C11H17N3O4/c15-9(16)5-3-1-2-4-6-12-10(17)8-7-13-11(18)14-8/h7H,1-6H2,(H,12,17)(H,15,16)(H2,13,14,18). The van der Waals surface area contributed by atoms with Crippen LogP contribution in [-0.2, 0) is 4.79 Å². The van der Waals surface area contributed by atoms with Crippen LogP contribution in [0.1, 0.15) is 42.6 Å². The highest BCUT2D eigenvalue weighted by atomic mass is 16.4. The Hall–Kier alpha value is -2.05. The highest BCUT2D eigenvalue weighted by Gasteiger charge is 2.06. The molecule has 1 aromatic rings. The van der Waals surface area contributed by atoms with Gasteiger partial charge in [-0.1, -0.05) is 12.8 Å². The molecule has 0 saturated carbocycles. The number of H-pyrrole nitrogens is 2. The molecule has 4 N–H and O–H groups in total. The molecule has 18 heavy (non-hydrogen) atoms. The minimum absolute atomic E-state index is 0.191. The highest BCUT2D eigenvalue weighted by molar-refractivity contribution is 5.91. The summed E-state index contributed by atoms with van der Waals surface area (Å²) in [6, 6.07) is 0. The fraction of sp³-hybridized carbons (Fsp3) is 0.545. The first-order chi connectivity index (χ1) is 8.59. The Morgan fingerprint density at radius 1 is 1.22 bits per heavy atom. The molecule has 1 aromatic heterocycles. The molecular weight excluding hydrogens is 238 g/mol. The van der Waals surface area contributed by atoms with Crippen molar-refractivity contribution < 1.29 is 14.7 Å². The van der Waals surface area contributed by atoms with Gasteiger partial charge < -0.3 is 20.4 Å². The molecule has 0 bridgehead atoms. The van der Waals surface area contributed by atoms with E-state index >= 15 is 0 Å². The first-order valence-electron chi connectivity index (χ1n) is 5.87. The van der Waals surface area contributed by atoms with Crippen LogP contribution in [0.2, 0.25) is 0 Å². The zero-order valence-corrected chi connectivity index (χ0v) is 9.99. The molecule has 7 heteroatoms. The number of carbonyl (C=O) groups excluding carboxylic acids is 1. The number of hydrogen-bond acceptors (Lipinski definition) is 3. The van der Waals surface area contributed by atoms with Gasteiger partial charge in [-0.05, 0) is 12.8 Å². The van der Waals surface area contributed by atoms with E-state index in [9.17, 15) is 14.4 Å². The van der Waals surface area contributed by atoms with Crippen molar-refractivity contribution >= 4 is 11.9 Å². The summed E-state index contributed by atoms with van der Waals surface area (Å²) in [6.45, 7) is 0.513. The highest BCUT2D eigenvalue weighted by Crippen LogP contribution is 2.02. The fourth-order valence-corrected chi connectivity index (χ4v) is 1.51. The Morgan fingerprint density at radius 2 is 1.94 bits per heavy atom. The molecule has 0 unspecified atom stereocenters. The molecule has 7 nitrogen and oxygen atoms in total. The normalized spacial score (nSPS) is 10.2. The molecule has 1 amide bonds. The van der Waals surface area contributed by atoms with E-state index in [4.69, 9.17) is 5.11 Å². The number of aliphatic carboxylic acids is 1. The van der Waals surface area contributed by atoms with Crippen LogP contribution in [0.5, 0.6) is 0 Å². The number of carboxylic acids is 1. The number of hydrogen-bond donors (Lipinski definition) is 4. The quantitative estimate of drug-likeness (QED) is 0.505. The van der Waals surface area contributed by atoms with E-state index in [1.54, 1.807) is 0 Å². The number of carboxylic acid groups (broad SMARTS) is 1. The van der Waals surface area contributed by atoms with Crippen LogP contribution in [0.3, 0.4) is 0 Å². The molecule has 0 aromatic carbocycles. The smallest absolute Gasteiger partial charge is 0.323 e. The van der Waals surface area contributed by atoms with Gasteiger partial charge in [-0.2, -0.15) is 0 Å². The predicted molar refractivity (Wildman–Crippen MR) is 64.5 cm³/mol. The van der Waals surface area contributed by atoms with E-state index in [1.807, 2.05) is 0 Å². The van der Waals surface area contributed by atoms with Gasteiger partial charge >= 0.3 is 11.7 Å². The van der Waals surface area contributed by atoms with Crippen LogP contribution < -0.4 is 11.0 Å². The SMILES string of the molecule is O=C(O)CCCCCCNC(=O)c1c[nH]c(=O)[nH]1. The van der Waals surface area contributed by atoms with Gasteiger partial charge in [0.2, 0.25) is 0 Å². The van der Waals surface area contributed by atoms with Gasteiger partial charge in [-0.15, -0.1) is 0 Å².